The summed E-state index contributed by atoms with van der Waals surface area (Å²) in [5.41, 5.74) is 1.85. The number of likely N-dealkylation sites (tertiary alicyclic amines) is 1. The normalized spacial score (nSPS) is 19.5. The molecule has 4 rings (SSSR count). The number of hydrogen-bond acceptors (Lipinski definition) is 5. The van der Waals surface area contributed by atoms with Gasteiger partial charge in [-0.05, 0) is 43.2 Å². The molecule has 0 bridgehead atoms. The molecule has 0 saturated carbocycles. The second kappa shape index (κ2) is 10.6. The van der Waals surface area contributed by atoms with Crippen molar-refractivity contribution in [2.24, 2.45) is 0 Å². The molecule has 2 saturated heterocycles. The van der Waals surface area contributed by atoms with Crippen LogP contribution in [0.4, 0.5) is 5.69 Å². The van der Waals surface area contributed by atoms with Crippen LogP contribution in [0.3, 0.4) is 0 Å². The number of para-hydroxylation sites is 2. The van der Waals surface area contributed by atoms with Crippen LogP contribution in [0.1, 0.15) is 23.2 Å². The number of ether oxygens (including phenoxy) is 2. The largest absolute Gasteiger partial charge is 0.495 e. The molecule has 2 aliphatic heterocycles. The van der Waals surface area contributed by atoms with Gasteiger partial charge in [0.15, 0.2) is 0 Å². The maximum atomic E-state index is 13.2. The molecular weight excluding hydrogens is 402 g/mol. The van der Waals surface area contributed by atoms with E-state index in [1.165, 1.54) is 0 Å². The van der Waals surface area contributed by atoms with Gasteiger partial charge in [0.2, 0.25) is 0 Å². The summed E-state index contributed by atoms with van der Waals surface area (Å²) in [4.78, 5) is 20.1. The van der Waals surface area contributed by atoms with E-state index in [9.17, 15) is 4.79 Å². The molecule has 0 radical (unpaired) electrons. The number of amides is 1. The van der Waals surface area contributed by atoms with E-state index in [0.29, 0.717) is 24.0 Å². The lowest BCUT2D eigenvalue weighted by molar-refractivity contribution is 0.0563. The fraction of sp³-hybridized carbons (Fsp3) is 0.423. The summed E-state index contributed by atoms with van der Waals surface area (Å²) in [5, 5.41) is 0. The lowest BCUT2D eigenvalue weighted by Gasteiger charge is -2.44. The van der Waals surface area contributed by atoms with Gasteiger partial charge in [-0.2, -0.15) is 0 Å². The SMILES string of the molecule is C=CCOc1cccc(C(=O)N2CCCC(N3CCN(c4ccccc4OC)CC3)C2)c1. The Hall–Kier alpha value is -2.99. The number of piperazine rings is 1. The van der Waals surface area contributed by atoms with Gasteiger partial charge in [0.1, 0.15) is 18.1 Å². The minimum absolute atomic E-state index is 0.0893. The third kappa shape index (κ3) is 5.07. The quantitative estimate of drug-likeness (QED) is 0.621. The van der Waals surface area contributed by atoms with Crippen molar-refractivity contribution in [1.29, 1.82) is 0 Å². The van der Waals surface area contributed by atoms with Gasteiger partial charge in [0.25, 0.3) is 5.91 Å². The number of carbonyl (C=O) groups excluding carboxylic acids is 1. The van der Waals surface area contributed by atoms with Gasteiger partial charge in [-0.3, -0.25) is 9.69 Å². The lowest BCUT2D eigenvalue weighted by Crippen LogP contribution is -2.55. The van der Waals surface area contributed by atoms with Crippen molar-refractivity contribution in [3.63, 3.8) is 0 Å². The molecule has 6 nitrogen and oxygen atoms in total. The van der Waals surface area contributed by atoms with E-state index in [1.807, 2.05) is 41.3 Å². The molecule has 1 unspecified atom stereocenters. The van der Waals surface area contributed by atoms with Crippen LogP contribution in [-0.4, -0.2) is 74.7 Å². The molecule has 2 aromatic rings. The molecule has 2 fully saturated rings. The van der Waals surface area contributed by atoms with Crippen LogP contribution in [0.25, 0.3) is 0 Å². The number of benzene rings is 2. The highest BCUT2D eigenvalue weighted by Crippen LogP contribution is 2.29. The van der Waals surface area contributed by atoms with Gasteiger partial charge in [0, 0.05) is 50.9 Å². The third-order valence-electron chi connectivity index (χ3n) is 6.39. The lowest BCUT2D eigenvalue weighted by atomic mass is 10.0. The summed E-state index contributed by atoms with van der Waals surface area (Å²) in [7, 11) is 1.73. The maximum Gasteiger partial charge on any atom is 0.254 e. The Kier molecular flexibility index (Phi) is 7.32. The predicted octanol–water partition coefficient (Wildman–Crippen LogP) is 3.69. The first kappa shape index (κ1) is 22.2. The number of hydrogen-bond donors (Lipinski definition) is 0. The Balaban J connectivity index is 1.35. The molecule has 1 amide bonds. The van der Waals surface area contributed by atoms with E-state index in [1.54, 1.807) is 13.2 Å². The number of anilines is 1. The van der Waals surface area contributed by atoms with Crippen molar-refractivity contribution in [2.45, 2.75) is 18.9 Å². The summed E-state index contributed by atoms with van der Waals surface area (Å²) in [6.07, 6.45) is 3.88. The van der Waals surface area contributed by atoms with Crippen molar-refractivity contribution in [3.05, 3.63) is 66.7 Å². The van der Waals surface area contributed by atoms with E-state index >= 15 is 0 Å². The van der Waals surface area contributed by atoms with E-state index in [2.05, 4.69) is 28.5 Å². The maximum absolute atomic E-state index is 13.2. The highest BCUT2D eigenvalue weighted by molar-refractivity contribution is 5.94. The summed E-state index contributed by atoms with van der Waals surface area (Å²) in [5.74, 6) is 1.72. The highest BCUT2D eigenvalue weighted by Gasteiger charge is 2.31. The topological polar surface area (TPSA) is 45.2 Å². The average Bonchev–Trinajstić information content (AvgIpc) is 2.87. The predicted molar refractivity (Wildman–Crippen MR) is 128 cm³/mol. The van der Waals surface area contributed by atoms with E-state index in [4.69, 9.17) is 9.47 Å². The van der Waals surface area contributed by atoms with E-state index < -0.39 is 0 Å². The average molecular weight is 436 g/mol. The molecule has 32 heavy (non-hydrogen) atoms. The van der Waals surface area contributed by atoms with Crippen molar-refractivity contribution in [3.8, 4) is 11.5 Å². The fourth-order valence-corrected chi connectivity index (χ4v) is 4.71. The van der Waals surface area contributed by atoms with Gasteiger partial charge < -0.3 is 19.3 Å². The minimum atomic E-state index is 0.0893. The molecule has 170 valence electrons. The number of carbonyl (C=O) groups is 1. The first-order valence-corrected chi connectivity index (χ1v) is 11.4. The van der Waals surface area contributed by atoms with Crippen LogP contribution in [0.5, 0.6) is 11.5 Å². The van der Waals surface area contributed by atoms with Gasteiger partial charge in [0.05, 0.1) is 12.8 Å². The van der Waals surface area contributed by atoms with E-state index in [-0.39, 0.29) is 5.91 Å². The van der Waals surface area contributed by atoms with Crippen LogP contribution in [-0.2, 0) is 0 Å². The molecular formula is C26H33N3O3. The summed E-state index contributed by atoms with van der Waals surface area (Å²) < 4.78 is 11.1. The van der Waals surface area contributed by atoms with Crippen LogP contribution < -0.4 is 14.4 Å². The molecule has 2 aliphatic rings. The van der Waals surface area contributed by atoms with Gasteiger partial charge >= 0.3 is 0 Å². The van der Waals surface area contributed by atoms with Crippen molar-refractivity contribution in [1.82, 2.24) is 9.80 Å². The third-order valence-corrected chi connectivity index (χ3v) is 6.39. The first-order valence-electron chi connectivity index (χ1n) is 11.4. The molecule has 0 aliphatic carbocycles. The van der Waals surface area contributed by atoms with Gasteiger partial charge in [-0.25, -0.2) is 0 Å². The molecule has 2 aromatic carbocycles. The van der Waals surface area contributed by atoms with Crippen molar-refractivity contribution >= 4 is 11.6 Å². The van der Waals surface area contributed by atoms with E-state index in [0.717, 1.165) is 63.5 Å². The number of methoxy groups -OCH3 is 1. The second-order valence-electron chi connectivity index (χ2n) is 8.37. The van der Waals surface area contributed by atoms with Gasteiger partial charge in [-0.1, -0.05) is 30.9 Å². The Morgan fingerprint density at radius 3 is 2.69 bits per heavy atom. The highest BCUT2D eigenvalue weighted by atomic mass is 16.5. The van der Waals surface area contributed by atoms with Crippen LogP contribution in [0.2, 0.25) is 0 Å². The standard InChI is InChI=1S/C26H33N3O3/c1-3-18-32-23-10-6-8-21(19-23)26(30)29-13-7-9-22(20-29)27-14-16-28(17-15-27)24-11-4-5-12-25(24)31-2/h3-6,8,10-12,19,22H,1,7,9,13-18,20H2,2H3. The van der Waals surface area contributed by atoms with Crippen LogP contribution in [0.15, 0.2) is 61.2 Å². The zero-order valence-electron chi connectivity index (χ0n) is 18.9. The summed E-state index contributed by atoms with van der Waals surface area (Å²) >= 11 is 0. The molecule has 6 heteroatoms. The van der Waals surface area contributed by atoms with Crippen LogP contribution >= 0.6 is 0 Å². The fourth-order valence-electron chi connectivity index (χ4n) is 4.71. The zero-order chi connectivity index (χ0) is 22.3. The Morgan fingerprint density at radius 1 is 1.09 bits per heavy atom. The molecule has 0 aromatic heterocycles. The molecule has 0 spiro atoms. The van der Waals surface area contributed by atoms with Gasteiger partial charge in [-0.15, -0.1) is 0 Å². The monoisotopic (exact) mass is 435 g/mol. The summed E-state index contributed by atoms with van der Waals surface area (Å²) in [6, 6.07) is 16.1. The molecule has 0 N–H and O–H groups in total. The van der Waals surface area contributed by atoms with Crippen molar-refractivity contribution in [2.75, 3.05) is 57.9 Å². The zero-order valence-corrected chi connectivity index (χ0v) is 18.9. The first-order chi connectivity index (χ1) is 15.7. The minimum Gasteiger partial charge on any atom is -0.495 e. The molecule has 1 atom stereocenters. The summed E-state index contributed by atoms with van der Waals surface area (Å²) in [6.45, 7) is 9.63. The Morgan fingerprint density at radius 2 is 1.91 bits per heavy atom. The Bertz CT molecular complexity index is 924. The molecule has 2 heterocycles. The number of nitrogens with zero attached hydrogens (tertiary/aromatic N) is 3. The van der Waals surface area contributed by atoms with Crippen LogP contribution in [0, 0.1) is 0 Å². The smallest absolute Gasteiger partial charge is 0.254 e. The number of rotatable bonds is 7. The Labute approximate surface area is 191 Å². The van der Waals surface area contributed by atoms with Crippen molar-refractivity contribution < 1.29 is 14.3 Å². The number of piperidine rings is 1. The second-order valence-corrected chi connectivity index (χ2v) is 8.37.